The number of benzene rings is 2. The Morgan fingerprint density at radius 3 is 2.66 bits per heavy atom. The highest BCUT2D eigenvalue weighted by atomic mass is 35.5. The Morgan fingerprint density at radius 1 is 1.26 bits per heavy atom. The van der Waals surface area contributed by atoms with Gasteiger partial charge in [0.05, 0.1) is 19.5 Å². The standard InChI is InChI=1S/C24H26ClN5O4S/c1-4-12-30-22(20(13-31)27-23(33)16-8-10-17(34-3)11-9-16)28-29-24(30)35-14-21(32)26-19-7-5-6-18(25)15(19)2/h4-11,20,31H,1,12-14H2,2-3H3,(H,26,32)(H,27,33). The smallest absolute Gasteiger partial charge is 0.251 e. The Kier molecular flexibility index (Phi) is 9.30. The van der Waals surface area contributed by atoms with Crippen molar-refractivity contribution in [2.75, 3.05) is 24.8 Å². The lowest BCUT2D eigenvalue weighted by Crippen LogP contribution is -2.33. The van der Waals surface area contributed by atoms with Crippen molar-refractivity contribution in [2.45, 2.75) is 24.7 Å². The van der Waals surface area contributed by atoms with Crippen molar-refractivity contribution in [3.63, 3.8) is 0 Å². The first-order valence-electron chi connectivity index (χ1n) is 10.7. The van der Waals surface area contributed by atoms with Gasteiger partial charge in [-0.15, -0.1) is 16.8 Å². The zero-order valence-corrected chi connectivity index (χ0v) is 20.9. The van der Waals surface area contributed by atoms with Crippen LogP contribution in [0.2, 0.25) is 5.02 Å². The summed E-state index contributed by atoms with van der Waals surface area (Å²) in [6.45, 7) is 5.52. The van der Waals surface area contributed by atoms with E-state index in [2.05, 4.69) is 27.4 Å². The van der Waals surface area contributed by atoms with Gasteiger partial charge in [0, 0.05) is 22.8 Å². The molecule has 3 aromatic rings. The van der Waals surface area contributed by atoms with E-state index < -0.39 is 12.6 Å². The Labute approximate surface area is 212 Å². The number of nitrogens with one attached hydrogen (secondary N) is 2. The molecule has 11 heteroatoms. The van der Waals surface area contributed by atoms with Gasteiger partial charge in [-0.2, -0.15) is 0 Å². The van der Waals surface area contributed by atoms with Crippen LogP contribution in [0.25, 0.3) is 0 Å². The lowest BCUT2D eigenvalue weighted by atomic mass is 10.2. The maximum atomic E-state index is 12.7. The number of nitrogens with zero attached hydrogens (tertiary/aromatic N) is 3. The molecule has 184 valence electrons. The number of carbonyl (C=O) groups excluding carboxylic acids is 2. The van der Waals surface area contributed by atoms with Crippen molar-refractivity contribution in [3.8, 4) is 5.75 Å². The fourth-order valence-electron chi connectivity index (χ4n) is 3.20. The summed E-state index contributed by atoms with van der Waals surface area (Å²) in [7, 11) is 1.54. The predicted octanol–water partition coefficient (Wildman–Crippen LogP) is 3.63. The molecule has 0 aliphatic carbocycles. The van der Waals surface area contributed by atoms with Crippen LogP contribution in [0.5, 0.6) is 5.75 Å². The van der Waals surface area contributed by atoms with Crippen molar-refractivity contribution in [1.29, 1.82) is 0 Å². The molecule has 3 N–H and O–H groups in total. The van der Waals surface area contributed by atoms with E-state index in [1.165, 1.54) is 11.8 Å². The number of amides is 2. The average Bonchev–Trinajstić information content (AvgIpc) is 3.26. The van der Waals surface area contributed by atoms with E-state index >= 15 is 0 Å². The van der Waals surface area contributed by atoms with Gasteiger partial charge in [0.1, 0.15) is 11.8 Å². The van der Waals surface area contributed by atoms with Gasteiger partial charge in [-0.25, -0.2) is 0 Å². The highest BCUT2D eigenvalue weighted by Crippen LogP contribution is 2.25. The monoisotopic (exact) mass is 515 g/mol. The number of halogens is 1. The number of hydrogen-bond donors (Lipinski definition) is 3. The number of thioether (sulfide) groups is 1. The first-order valence-corrected chi connectivity index (χ1v) is 12.0. The lowest BCUT2D eigenvalue weighted by Gasteiger charge is -2.17. The van der Waals surface area contributed by atoms with Crippen LogP contribution >= 0.6 is 23.4 Å². The van der Waals surface area contributed by atoms with E-state index in [0.717, 1.165) is 5.56 Å². The molecule has 35 heavy (non-hydrogen) atoms. The van der Waals surface area contributed by atoms with Crippen LogP contribution in [0, 0.1) is 6.92 Å². The predicted molar refractivity (Wildman–Crippen MR) is 136 cm³/mol. The van der Waals surface area contributed by atoms with Crippen LogP contribution < -0.4 is 15.4 Å². The molecule has 2 amide bonds. The van der Waals surface area contributed by atoms with Gasteiger partial charge in [-0.1, -0.05) is 35.5 Å². The fourth-order valence-corrected chi connectivity index (χ4v) is 4.13. The van der Waals surface area contributed by atoms with Crippen LogP contribution in [-0.4, -0.2) is 51.2 Å². The Bertz CT molecular complexity index is 1200. The summed E-state index contributed by atoms with van der Waals surface area (Å²) in [4.78, 5) is 25.2. The molecule has 1 atom stereocenters. The van der Waals surface area contributed by atoms with E-state index in [9.17, 15) is 14.7 Å². The zero-order valence-electron chi connectivity index (χ0n) is 19.3. The first kappa shape index (κ1) is 26.3. The first-order chi connectivity index (χ1) is 16.9. The van der Waals surface area contributed by atoms with E-state index in [0.29, 0.717) is 39.5 Å². The molecular formula is C24H26ClN5O4S. The van der Waals surface area contributed by atoms with E-state index in [1.807, 2.05) is 6.92 Å². The molecule has 1 aromatic heterocycles. The van der Waals surface area contributed by atoms with Crippen molar-refractivity contribution in [2.24, 2.45) is 0 Å². The molecule has 0 radical (unpaired) electrons. The largest absolute Gasteiger partial charge is 0.497 e. The summed E-state index contributed by atoms with van der Waals surface area (Å²) in [6.07, 6.45) is 1.64. The van der Waals surface area contributed by atoms with E-state index in [4.69, 9.17) is 16.3 Å². The topological polar surface area (TPSA) is 118 Å². The second-order valence-corrected chi connectivity index (χ2v) is 8.78. The molecule has 0 saturated carbocycles. The number of methoxy groups -OCH3 is 1. The number of hydrogen-bond acceptors (Lipinski definition) is 7. The van der Waals surface area contributed by atoms with E-state index in [-0.39, 0.29) is 17.6 Å². The number of aliphatic hydroxyl groups is 1. The number of ether oxygens (including phenoxy) is 1. The molecule has 1 unspecified atom stereocenters. The van der Waals surface area contributed by atoms with Gasteiger partial charge >= 0.3 is 0 Å². The number of aromatic nitrogens is 3. The highest BCUT2D eigenvalue weighted by molar-refractivity contribution is 7.99. The van der Waals surface area contributed by atoms with Crippen LogP contribution in [0.4, 0.5) is 5.69 Å². The maximum absolute atomic E-state index is 12.7. The summed E-state index contributed by atoms with van der Waals surface area (Å²) in [5.41, 5.74) is 1.82. The van der Waals surface area contributed by atoms with E-state index in [1.54, 1.807) is 60.2 Å². The molecular weight excluding hydrogens is 490 g/mol. The van der Waals surface area contributed by atoms with Gasteiger partial charge in [0.15, 0.2) is 11.0 Å². The summed E-state index contributed by atoms with van der Waals surface area (Å²) in [5, 5.41) is 24.9. The maximum Gasteiger partial charge on any atom is 0.251 e. The molecule has 2 aromatic carbocycles. The van der Waals surface area contributed by atoms with Gasteiger partial charge in [0.2, 0.25) is 5.91 Å². The molecule has 0 aliphatic heterocycles. The van der Waals surface area contributed by atoms with Gasteiger partial charge in [-0.3, -0.25) is 9.59 Å². The third-order valence-electron chi connectivity index (χ3n) is 5.08. The average molecular weight is 516 g/mol. The Hall–Kier alpha value is -3.34. The van der Waals surface area contributed by atoms with Crippen molar-refractivity contribution in [1.82, 2.24) is 20.1 Å². The third kappa shape index (κ3) is 6.62. The van der Waals surface area contributed by atoms with Crippen molar-refractivity contribution in [3.05, 3.63) is 77.1 Å². The van der Waals surface area contributed by atoms with Gasteiger partial charge in [-0.05, 0) is 48.9 Å². The molecule has 0 spiro atoms. The second-order valence-electron chi connectivity index (χ2n) is 7.43. The van der Waals surface area contributed by atoms with Crippen LogP contribution in [0.1, 0.15) is 27.8 Å². The molecule has 1 heterocycles. The third-order valence-corrected chi connectivity index (χ3v) is 6.46. The number of aliphatic hydroxyl groups excluding tert-OH is 1. The normalized spacial score (nSPS) is 11.5. The van der Waals surface area contributed by atoms with Gasteiger partial charge in [0.25, 0.3) is 5.91 Å². The van der Waals surface area contributed by atoms with Crippen LogP contribution in [-0.2, 0) is 11.3 Å². The summed E-state index contributed by atoms with van der Waals surface area (Å²) < 4.78 is 6.81. The minimum Gasteiger partial charge on any atom is -0.497 e. The summed E-state index contributed by atoms with van der Waals surface area (Å²) in [5.74, 6) is 0.431. The minimum atomic E-state index is -0.811. The van der Waals surface area contributed by atoms with Crippen LogP contribution in [0.15, 0.2) is 60.3 Å². The highest BCUT2D eigenvalue weighted by Gasteiger charge is 2.23. The van der Waals surface area contributed by atoms with Crippen LogP contribution in [0.3, 0.4) is 0 Å². The fraction of sp³-hybridized carbons (Fsp3) is 0.250. The molecule has 0 aliphatic rings. The number of carbonyl (C=O) groups is 2. The lowest BCUT2D eigenvalue weighted by molar-refractivity contribution is -0.113. The Balaban J connectivity index is 1.71. The number of allylic oxidation sites excluding steroid dienone is 1. The molecule has 0 saturated heterocycles. The van der Waals surface area contributed by atoms with Gasteiger partial charge < -0.3 is 25.0 Å². The van der Waals surface area contributed by atoms with Crippen molar-refractivity contribution < 1.29 is 19.4 Å². The SMILES string of the molecule is C=CCn1c(SCC(=O)Nc2cccc(Cl)c2C)nnc1C(CO)NC(=O)c1ccc(OC)cc1. The molecule has 3 rings (SSSR count). The molecule has 0 fully saturated rings. The Morgan fingerprint density at radius 2 is 2.00 bits per heavy atom. The zero-order chi connectivity index (χ0) is 25.4. The van der Waals surface area contributed by atoms with Crippen molar-refractivity contribution >= 4 is 40.9 Å². The minimum absolute atomic E-state index is 0.0726. The number of anilines is 1. The quantitative estimate of drug-likeness (QED) is 0.263. The second kappa shape index (κ2) is 12.4. The number of rotatable bonds is 11. The molecule has 0 bridgehead atoms. The summed E-state index contributed by atoms with van der Waals surface area (Å²) in [6, 6.07) is 11.1. The summed E-state index contributed by atoms with van der Waals surface area (Å²) >= 11 is 7.30. The molecule has 9 nitrogen and oxygen atoms in total.